The van der Waals surface area contributed by atoms with Gasteiger partial charge in [0, 0.05) is 12.1 Å². The van der Waals surface area contributed by atoms with Crippen LogP contribution in [0.4, 0.5) is 0 Å². The molecule has 0 aliphatic rings. The maximum absolute atomic E-state index is 11.9. The fraction of sp³-hybridized carbons (Fsp3) is 0.588. The topological polar surface area (TPSA) is 50.4 Å². The SMILES string of the molecule is CCC(C)NC(=O)C(C)Oc1ccc(C(CC)NC)cc1. The Kier molecular flexibility index (Phi) is 7.23. The third-order valence-corrected chi connectivity index (χ3v) is 3.72. The van der Waals surface area contributed by atoms with Crippen molar-refractivity contribution < 1.29 is 9.53 Å². The van der Waals surface area contributed by atoms with Crippen molar-refractivity contribution in [2.45, 2.75) is 58.7 Å². The molecule has 0 aliphatic heterocycles. The van der Waals surface area contributed by atoms with Crippen LogP contribution in [0.15, 0.2) is 24.3 Å². The molecule has 3 atom stereocenters. The average molecular weight is 292 g/mol. The molecule has 0 saturated heterocycles. The summed E-state index contributed by atoms with van der Waals surface area (Å²) in [6, 6.07) is 8.44. The van der Waals surface area contributed by atoms with E-state index in [1.165, 1.54) is 5.56 Å². The lowest BCUT2D eigenvalue weighted by Crippen LogP contribution is -2.40. The number of ether oxygens (including phenoxy) is 1. The van der Waals surface area contributed by atoms with Gasteiger partial charge in [0.1, 0.15) is 5.75 Å². The van der Waals surface area contributed by atoms with Gasteiger partial charge < -0.3 is 15.4 Å². The Morgan fingerprint density at radius 3 is 2.24 bits per heavy atom. The highest BCUT2D eigenvalue weighted by molar-refractivity contribution is 5.80. The largest absolute Gasteiger partial charge is 0.481 e. The molecule has 4 nitrogen and oxygen atoms in total. The quantitative estimate of drug-likeness (QED) is 0.774. The summed E-state index contributed by atoms with van der Waals surface area (Å²) in [6.45, 7) is 7.95. The van der Waals surface area contributed by atoms with Crippen LogP contribution < -0.4 is 15.4 Å². The first-order chi connectivity index (χ1) is 10.0. The first kappa shape index (κ1) is 17.5. The molecule has 2 N–H and O–H groups in total. The fourth-order valence-corrected chi connectivity index (χ4v) is 2.11. The third kappa shape index (κ3) is 5.38. The van der Waals surface area contributed by atoms with E-state index in [4.69, 9.17) is 4.74 Å². The van der Waals surface area contributed by atoms with E-state index >= 15 is 0 Å². The van der Waals surface area contributed by atoms with Crippen LogP contribution in [0.25, 0.3) is 0 Å². The predicted octanol–water partition coefficient (Wildman–Crippen LogP) is 3.04. The Labute approximate surface area is 128 Å². The van der Waals surface area contributed by atoms with E-state index in [1.54, 1.807) is 6.92 Å². The minimum Gasteiger partial charge on any atom is -0.481 e. The molecule has 1 rings (SSSR count). The normalized spacial score (nSPS) is 15.1. The summed E-state index contributed by atoms with van der Waals surface area (Å²) in [5.74, 6) is 0.645. The molecule has 21 heavy (non-hydrogen) atoms. The second kappa shape index (κ2) is 8.67. The molecule has 3 unspecified atom stereocenters. The van der Waals surface area contributed by atoms with E-state index in [0.717, 1.165) is 18.6 Å². The number of hydrogen-bond acceptors (Lipinski definition) is 3. The van der Waals surface area contributed by atoms with Gasteiger partial charge in [-0.3, -0.25) is 4.79 Å². The Balaban J connectivity index is 2.60. The smallest absolute Gasteiger partial charge is 0.260 e. The average Bonchev–Trinajstić information content (AvgIpc) is 2.49. The van der Waals surface area contributed by atoms with Gasteiger partial charge in [0.05, 0.1) is 0 Å². The predicted molar refractivity (Wildman–Crippen MR) is 86.5 cm³/mol. The molecule has 4 heteroatoms. The van der Waals surface area contributed by atoms with Crippen molar-refractivity contribution in [2.75, 3.05) is 7.05 Å². The molecule has 1 aromatic carbocycles. The molecule has 0 spiro atoms. The van der Waals surface area contributed by atoms with Gasteiger partial charge in [0.15, 0.2) is 6.10 Å². The van der Waals surface area contributed by atoms with E-state index in [0.29, 0.717) is 6.04 Å². The number of carbonyl (C=O) groups is 1. The first-order valence-electron chi connectivity index (χ1n) is 7.76. The number of hydrogen-bond donors (Lipinski definition) is 2. The lowest BCUT2D eigenvalue weighted by Gasteiger charge is -2.19. The van der Waals surface area contributed by atoms with Gasteiger partial charge in [0.2, 0.25) is 0 Å². The van der Waals surface area contributed by atoms with Gasteiger partial charge in [-0.2, -0.15) is 0 Å². The molecule has 0 heterocycles. The Hall–Kier alpha value is -1.55. The van der Waals surface area contributed by atoms with Crippen LogP contribution in [0.5, 0.6) is 5.75 Å². The van der Waals surface area contributed by atoms with Crippen molar-refractivity contribution in [3.05, 3.63) is 29.8 Å². The molecular weight excluding hydrogens is 264 g/mol. The summed E-state index contributed by atoms with van der Waals surface area (Å²) in [7, 11) is 1.96. The zero-order chi connectivity index (χ0) is 15.8. The van der Waals surface area contributed by atoms with Crippen LogP contribution in [0.2, 0.25) is 0 Å². The van der Waals surface area contributed by atoms with Gasteiger partial charge in [-0.25, -0.2) is 0 Å². The molecule has 0 saturated carbocycles. The van der Waals surface area contributed by atoms with Crippen LogP contribution in [0, 0.1) is 0 Å². The molecule has 0 radical (unpaired) electrons. The van der Waals surface area contributed by atoms with Gasteiger partial charge in [-0.15, -0.1) is 0 Å². The maximum atomic E-state index is 11.9. The summed E-state index contributed by atoms with van der Waals surface area (Å²) in [6.07, 6.45) is 1.45. The Morgan fingerprint density at radius 1 is 1.14 bits per heavy atom. The van der Waals surface area contributed by atoms with E-state index < -0.39 is 6.10 Å². The summed E-state index contributed by atoms with van der Waals surface area (Å²) in [5.41, 5.74) is 1.23. The number of nitrogens with one attached hydrogen (secondary N) is 2. The number of benzene rings is 1. The van der Waals surface area contributed by atoms with Crippen LogP contribution in [0.1, 0.15) is 52.1 Å². The Bertz CT molecular complexity index is 427. The molecule has 0 aliphatic carbocycles. The lowest BCUT2D eigenvalue weighted by atomic mass is 10.0. The van der Waals surface area contributed by atoms with Gasteiger partial charge in [-0.05, 0) is 51.4 Å². The maximum Gasteiger partial charge on any atom is 0.260 e. The number of rotatable bonds is 8. The molecule has 118 valence electrons. The molecule has 0 aromatic heterocycles. The van der Waals surface area contributed by atoms with Crippen molar-refractivity contribution >= 4 is 5.91 Å². The second-order valence-electron chi connectivity index (χ2n) is 5.40. The molecule has 0 fully saturated rings. The summed E-state index contributed by atoms with van der Waals surface area (Å²) in [4.78, 5) is 11.9. The highest BCUT2D eigenvalue weighted by atomic mass is 16.5. The summed E-state index contributed by atoms with van der Waals surface area (Å²) >= 11 is 0. The van der Waals surface area contributed by atoms with Crippen molar-refractivity contribution in [3.63, 3.8) is 0 Å². The van der Waals surface area contributed by atoms with E-state index in [2.05, 4.69) is 17.6 Å². The zero-order valence-electron chi connectivity index (χ0n) is 13.8. The van der Waals surface area contributed by atoms with Crippen molar-refractivity contribution in [1.82, 2.24) is 10.6 Å². The summed E-state index contributed by atoms with van der Waals surface area (Å²) in [5, 5.41) is 6.19. The monoisotopic (exact) mass is 292 g/mol. The molecular formula is C17H28N2O2. The highest BCUT2D eigenvalue weighted by Crippen LogP contribution is 2.20. The van der Waals surface area contributed by atoms with Gasteiger partial charge >= 0.3 is 0 Å². The second-order valence-corrected chi connectivity index (χ2v) is 5.40. The van der Waals surface area contributed by atoms with Crippen LogP contribution >= 0.6 is 0 Å². The Morgan fingerprint density at radius 2 is 1.76 bits per heavy atom. The fourth-order valence-electron chi connectivity index (χ4n) is 2.11. The van der Waals surface area contributed by atoms with Crippen LogP contribution in [-0.2, 0) is 4.79 Å². The van der Waals surface area contributed by atoms with Crippen molar-refractivity contribution in [1.29, 1.82) is 0 Å². The lowest BCUT2D eigenvalue weighted by molar-refractivity contribution is -0.127. The standard InChI is InChI=1S/C17H28N2O2/c1-6-12(3)19-17(20)13(4)21-15-10-8-14(9-11-15)16(7-2)18-5/h8-13,16,18H,6-7H2,1-5H3,(H,19,20). The van der Waals surface area contributed by atoms with E-state index in [-0.39, 0.29) is 11.9 Å². The molecule has 1 amide bonds. The van der Waals surface area contributed by atoms with Crippen LogP contribution in [0.3, 0.4) is 0 Å². The molecule has 1 aromatic rings. The van der Waals surface area contributed by atoms with Gasteiger partial charge in [0.25, 0.3) is 5.91 Å². The molecule has 0 bridgehead atoms. The van der Waals surface area contributed by atoms with E-state index in [1.807, 2.05) is 45.2 Å². The van der Waals surface area contributed by atoms with E-state index in [9.17, 15) is 4.79 Å². The number of carbonyl (C=O) groups excluding carboxylic acids is 1. The zero-order valence-corrected chi connectivity index (χ0v) is 13.8. The van der Waals surface area contributed by atoms with Crippen LogP contribution in [-0.4, -0.2) is 25.1 Å². The highest BCUT2D eigenvalue weighted by Gasteiger charge is 2.16. The minimum absolute atomic E-state index is 0.0740. The van der Waals surface area contributed by atoms with Crippen molar-refractivity contribution in [3.8, 4) is 5.75 Å². The number of amides is 1. The minimum atomic E-state index is -0.490. The third-order valence-electron chi connectivity index (χ3n) is 3.72. The van der Waals surface area contributed by atoms with Crippen molar-refractivity contribution in [2.24, 2.45) is 0 Å². The first-order valence-corrected chi connectivity index (χ1v) is 7.76. The van der Waals surface area contributed by atoms with Gasteiger partial charge in [-0.1, -0.05) is 26.0 Å². The summed E-state index contributed by atoms with van der Waals surface area (Å²) < 4.78 is 5.69.